The number of halogens is 4. The molecule has 114 valence electrons. The second-order valence-electron chi connectivity index (χ2n) is 4.76. The third kappa shape index (κ3) is 3.87. The van der Waals surface area contributed by atoms with Crippen molar-refractivity contribution < 1.29 is 18.3 Å². The molecular formula is C16H11BrF3NO. The lowest BCUT2D eigenvalue weighted by Crippen LogP contribution is -2.08. The van der Waals surface area contributed by atoms with Gasteiger partial charge in [0, 0.05) is 10.9 Å². The number of aliphatic hydroxyl groups is 1. The summed E-state index contributed by atoms with van der Waals surface area (Å²) in [4.78, 5) is 0. The number of rotatable bonds is 3. The van der Waals surface area contributed by atoms with Crippen molar-refractivity contribution in [1.82, 2.24) is 0 Å². The van der Waals surface area contributed by atoms with Crippen LogP contribution >= 0.6 is 15.9 Å². The number of alkyl halides is 3. The van der Waals surface area contributed by atoms with Crippen molar-refractivity contribution >= 4 is 15.9 Å². The number of benzene rings is 2. The molecule has 0 heterocycles. The summed E-state index contributed by atoms with van der Waals surface area (Å²) in [5.74, 6) is 0. The highest BCUT2D eigenvalue weighted by Gasteiger charge is 2.31. The summed E-state index contributed by atoms with van der Waals surface area (Å²) in [5.41, 5.74) is 0.469. The fourth-order valence-electron chi connectivity index (χ4n) is 2.05. The molecule has 0 saturated heterocycles. The van der Waals surface area contributed by atoms with Crippen LogP contribution in [-0.4, -0.2) is 5.11 Å². The molecule has 0 fully saturated rings. The molecule has 1 unspecified atom stereocenters. The van der Waals surface area contributed by atoms with Crippen LogP contribution in [0.1, 0.15) is 28.4 Å². The lowest BCUT2D eigenvalue weighted by molar-refractivity contribution is -0.137. The molecule has 2 rings (SSSR count). The summed E-state index contributed by atoms with van der Waals surface area (Å²) in [6.45, 7) is 0. The van der Waals surface area contributed by atoms with Gasteiger partial charge in [0.1, 0.15) is 0 Å². The standard InChI is InChI=1S/C16H11BrF3NO/c17-14-5-4-13(16(18,19)20)7-12(14)8-15(22)11-3-1-2-10(6-11)9-21/h1-7,15,22H,8H2. The van der Waals surface area contributed by atoms with E-state index in [4.69, 9.17) is 5.26 Å². The maximum Gasteiger partial charge on any atom is 0.416 e. The van der Waals surface area contributed by atoms with E-state index < -0.39 is 17.8 Å². The third-order valence-electron chi connectivity index (χ3n) is 3.19. The molecule has 0 saturated carbocycles. The Bertz CT molecular complexity index is 722. The number of hydrogen-bond acceptors (Lipinski definition) is 2. The van der Waals surface area contributed by atoms with Gasteiger partial charge in [-0.15, -0.1) is 0 Å². The maximum atomic E-state index is 12.7. The van der Waals surface area contributed by atoms with Crippen LogP contribution in [0.5, 0.6) is 0 Å². The van der Waals surface area contributed by atoms with Gasteiger partial charge in [0.2, 0.25) is 0 Å². The lowest BCUT2D eigenvalue weighted by Gasteiger charge is -2.15. The van der Waals surface area contributed by atoms with E-state index in [2.05, 4.69) is 15.9 Å². The van der Waals surface area contributed by atoms with Crippen LogP contribution in [0.15, 0.2) is 46.9 Å². The Morgan fingerprint density at radius 3 is 2.55 bits per heavy atom. The van der Waals surface area contributed by atoms with E-state index in [-0.39, 0.29) is 6.42 Å². The Morgan fingerprint density at radius 1 is 1.18 bits per heavy atom. The van der Waals surface area contributed by atoms with Gasteiger partial charge in [0.15, 0.2) is 0 Å². The van der Waals surface area contributed by atoms with Gasteiger partial charge in [-0.05, 0) is 41.5 Å². The molecule has 22 heavy (non-hydrogen) atoms. The first kappa shape index (κ1) is 16.5. The first-order valence-corrected chi connectivity index (χ1v) is 7.14. The quantitative estimate of drug-likeness (QED) is 0.857. The first-order valence-electron chi connectivity index (χ1n) is 6.35. The first-order chi connectivity index (χ1) is 10.3. The van der Waals surface area contributed by atoms with Gasteiger partial charge in [-0.1, -0.05) is 28.1 Å². The number of aliphatic hydroxyl groups excluding tert-OH is 1. The Labute approximate surface area is 133 Å². The van der Waals surface area contributed by atoms with Gasteiger partial charge in [-0.2, -0.15) is 18.4 Å². The minimum absolute atomic E-state index is 0.0133. The van der Waals surface area contributed by atoms with Gasteiger partial charge in [-0.25, -0.2) is 0 Å². The van der Waals surface area contributed by atoms with Crippen LogP contribution in [0.25, 0.3) is 0 Å². The third-order valence-corrected chi connectivity index (χ3v) is 3.96. The van der Waals surface area contributed by atoms with Gasteiger partial charge in [0.05, 0.1) is 23.3 Å². The molecule has 2 aromatic rings. The van der Waals surface area contributed by atoms with Crippen LogP contribution in [0.4, 0.5) is 13.2 Å². The summed E-state index contributed by atoms with van der Waals surface area (Å²) < 4.78 is 38.7. The highest BCUT2D eigenvalue weighted by Crippen LogP contribution is 2.33. The molecule has 2 nitrogen and oxygen atoms in total. The largest absolute Gasteiger partial charge is 0.416 e. The van der Waals surface area contributed by atoms with Crippen LogP contribution in [0.3, 0.4) is 0 Å². The van der Waals surface area contributed by atoms with Gasteiger partial charge < -0.3 is 5.11 Å². The van der Waals surface area contributed by atoms with Crippen molar-refractivity contribution in [3.05, 3.63) is 69.2 Å². The van der Waals surface area contributed by atoms with Crippen LogP contribution in [0.2, 0.25) is 0 Å². The normalized spacial score (nSPS) is 12.7. The van der Waals surface area contributed by atoms with E-state index in [1.807, 2.05) is 6.07 Å². The molecular weight excluding hydrogens is 359 g/mol. The van der Waals surface area contributed by atoms with Gasteiger partial charge in [0.25, 0.3) is 0 Å². The fourth-order valence-corrected chi connectivity index (χ4v) is 2.46. The molecule has 1 N–H and O–H groups in total. The zero-order valence-electron chi connectivity index (χ0n) is 11.2. The summed E-state index contributed by atoms with van der Waals surface area (Å²) in [6, 6.07) is 11.6. The van der Waals surface area contributed by atoms with Gasteiger partial charge >= 0.3 is 6.18 Å². The van der Waals surface area contributed by atoms with E-state index in [0.717, 1.165) is 12.1 Å². The molecule has 0 aromatic heterocycles. The molecule has 6 heteroatoms. The van der Waals surface area contributed by atoms with Crippen LogP contribution in [-0.2, 0) is 12.6 Å². The molecule has 1 atom stereocenters. The predicted octanol–water partition coefficient (Wildman–Crippen LogP) is 4.62. The molecule has 0 radical (unpaired) electrons. The Kier molecular flexibility index (Phi) is 4.89. The maximum absolute atomic E-state index is 12.7. The second-order valence-corrected chi connectivity index (χ2v) is 5.62. The zero-order chi connectivity index (χ0) is 16.3. The Hall–Kier alpha value is -1.84. The molecule has 0 amide bonds. The van der Waals surface area contributed by atoms with E-state index in [9.17, 15) is 18.3 Å². The number of hydrogen-bond donors (Lipinski definition) is 1. The summed E-state index contributed by atoms with van der Waals surface area (Å²) in [7, 11) is 0. The molecule has 2 aromatic carbocycles. The smallest absolute Gasteiger partial charge is 0.388 e. The molecule has 0 aliphatic heterocycles. The molecule has 0 aliphatic rings. The Balaban J connectivity index is 2.28. The van der Waals surface area contributed by atoms with Crippen molar-refractivity contribution in [3.63, 3.8) is 0 Å². The van der Waals surface area contributed by atoms with Crippen LogP contribution in [0, 0.1) is 11.3 Å². The minimum Gasteiger partial charge on any atom is -0.388 e. The summed E-state index contributed by atoms with van der Waals surface area (Å²) in [6.07, 6.45) is -5.41. The van der Waals surface area contributed by atoms with E-state index >= 15 is 0 Å². The molecule has 0 aliphatic carbocycles. The van der Waals surface area contributed by atoms with Gasteiger partial charge in [-0.3, -0.25) is 0 Å². The average molecular weight is 370 g/mol. The summed E-state index contributed by atoms with van der Waals surface area (Å²) in [5, 5.41) is 19.0. The van der Waals surface area contributed by atoms with Crippen molar-refractivity contribution in [1.29, 1.82) is 5.26 Å². The van der Waals surface area contributed by atoms with E-state index in [0.29, 0.717) is 21.2 Å². The molecule has 0 spiro atoms. The second kappa shape index (κ2) is 6.51. The molecule has 0 bridgehead atoms. The highest BCUT2D eigenvalue weighted by molar-refractivity contribution is 9.10. The topological polar surface area (TPSA) is 44.0 Å². The average Bonchev–Trinajstić information content (AvgIpc) is 2.48. The van der Waals surface area contributed by atoms with E-state index in [1.165, 1.54) is 12.1 Å². The van der Waals surface area contributed by atoms with Crippen molar-refractivity contribution in [2.45, 2.75) is 18.7 Å². The minimum atomic E-state index is -4.43. The van der Waals surface area contributed by atoms with Crippen LogP contribution < -0.4 is 0 Å². The van der Waals surface area contributed by atoms with Crippen molar-refractivity contribution in [2.24, 2.45) is 0 Å². The lowest BCUT2D eigenvalue weighted by atomic mass is 9.99. The zero-order valence-corrected chi connectivity index (χ0v) is 12.8. The predicted molar refractivity (Wildman–Crippen MR) is 79.0 cm³/mol. The highest BCUT2D eigenvalue weighted by atomic mass is 79.9. The summed E-state index contributed by atoms with van der Waals surface area (Å²) >= 11 is 3.20. The number of nitrogens with zero attached hydrogens (tertiary/aromatic N) is 1. The van der Waals surface area contributed by atoms with E-state index in [1.54, 1.807) is 18.2 Å². The Morgan fingerprint density at radius 2 is 1.91 bits per heavy atom. The van der Waals surface area contributed by atoms with Crippen molar-refractivity contribution in [2.75, 3.05) is 0 Å². The SMILES string of the molecule is N#Cc1cccc(C(O)Cc2cc(C(F)(F)F)ccc2Br)c1. The van der Waals surface area contributed by atoms with Crippen molar-refractivity contribution in [3.8, 4) is 6.07 Å². The fraction of sp³-hybridized carbons (Fsp3) is 0.188. The number of nitriles is 1. The monoisotopic (exact) mass is 369 g/mol.